The van der Waals surface area contributed by atoms with Crippen LogP contribution in [0.3, 0.4) is 0 Å². The molecule has 1 heterocycles. The van der Waals surface area contributed by atoms with Crippen LogP contribution in [-0.2, 0) is 4.79 Å². The molecule has 0 saturated carbocycles. The number of nitrogens with zero attached hydrogens (tertiary/aromatic N) is 2. The number of aliphatic carboxylic acids is 1. The van der Waals surface area contributed by atoms with Crippen LogP contribution in [0.5, 0.6) is 0 Å². The highest BCUT2D eigenvalue weighted by molar-refractivity contribution is 5.66. The van der Waals surface area contributed by atoms with Gasteiger partial charge in [0.15, 0.2) is 0 Å². The van der Waals surface area contributed by atoms with Crippen LogP contribution in [0, 0.1) is 0 Å². The van der Waals surface area contributed by atoms with Crippen LogP contribution in [-0.4, -0.2) is 58.6 Å². The first kappa shape index (κ1) is 14.5. The largest absolute Gasteiger partial charge is 0.481 e. The van der Waals surface area contributed by atoms with Gasteiger partial charge in [-0.15, -0.1) is 0 Å². The van der Waals surface area contributed by atoms with Crippen molar-refractivity contribution in [3.63, 3.8) is 0 Å². The second-order valence-electron chi connectivity index (χ2n) is 6.23. The number of rotatable bonds is 3. The molecule has 1 rings (SSSR count). The van der Waals surface area contributed by atoms with Gasteiger partial charge in [0.1, 0.15) is 0 Å². The van der Waals surface area contributed by atoms with E-state index < -0.39 is 5.97 Å². The third kappa shape index (κ3) is 3.96. The highest BCUT2D eigenvalue weighted by atomic mass is 16.4. The van der Waals surface area contributed by atoms with E-state index in [-0.39, 0.29) is 12.0 Å². The Hall–Kier alpha value is -0.610. The van der Waals surface area contributed by atoms with Gasteiger partial charge in [0, 0.05) is 37.1 Å². The van der Waals surface area contributed by atoms with Gasteiger partial charge in [-0.25, -0.2) is 0 Å². The van der Waals surface area contributed by atoms with Crippen molar-refractivity contribution >= 4 is 5.97 Å². The van der Waals surface area contributed by atoms with E-state index in [4.69, 9.17) is 5.11 Å². The Kier molecular flexibility index (Phi) is 4.55. The second-order valence-corrected chi connectivity index (χ2v) is 6.23. The molecule has 1 fully saturated rings. The first-order valence-electron chi connectivity index (χ1n) is 6.40. The van der Waals surface area contributed by atoms with Crippen LogP contribution in [0.1, 0.15) is 40.5 Å². The fourth-order valence-corrected chi connectivity index (χ4v) is 3.15. The fourth-order valence-electron chi connectivity index (χ4n) is 3.15. The van der Waals surface area contributed by atoms with Gasteiger partial charge >= 0.3 is 5.97 Å². The lowest BCUT2D eigenvalue weighted by atomic mass is 9.94. The number of carboxylic acid groups (broad SMARTS) is 1. The molecule has 0 aromatic heterocycles. The molecule has 4 nitrogen and oxygen atoms in total. The van der Waals surface area contributed by atoms with Crippen molar-refractivity contribution in [1.29, 1.82) is 0 Å². The fraction of sp³-hybridized carbons (Fsp3) is 0.923. The standard InChI is InChI=1S/C13H26N2O2/c1-10-8-14(5)9-11(6-7-12(16)17)15(10)13(2,3)4/h10-11H,6-9H2,1-5H3,(H,16,17). The quantitative estimate of drug-likeness (QED) is 0.817. The lowest BCUT2D eigenvalue weighted by molar-refractivity contribution is -0.138. The van der Waals surface area contributed by atoms with Crippen LogP contribution >= 0.6 is 0 Å². The number of piperazine rings is 1. The summed E-state index contributed by atoms with van der Waals surface area (Å²) >= 11 is 0. The molecule has 17 heavy (non-hydrogen) atoms. The summed E-state index contributed by atoms with van der Waals surface area (Å²) in [6, 6.07) is 0.826. The molecule has 1 N–H and O–H groups in total. The molecular weight excluding hydrogens is 216 g/mol. The normalized spacial score (nSPS) is 28.3. The van der Waals surface area contributed by atoms with Crippen LogP contribution in [0.15, 0.2) is 0 Å². The molecule has 0 spiro atoms. The number of hydrogen-bond donors (Lipinski definition) is 1. The van der Waals surface area contributed by atoms with Gasteiger partial charge < -0.3 is 10.0 Å². The zero-order valence-corrected chi connectivity index (χ0v) is 11.7. The van der Waals surface area contributed by atoms with Crippen molar-refractivity contribution in [2.75, 3.05) is 20.1 Å². The second kappa shape index (κ2) is 5.36. The van der Waals surface area contributed by atoms with E-state index in [0.717, 1.165) is 19.5 Å². The molecule has 1 aliphatic heterocycles. The molecule has 2 unspecified atom stereocenters. The minimum atomic E-state index is -0.695. The zero-order valence-electron chi connectivity index (χ0n) is 11.7. The van der Waals surface area contributed by atoms with E-state index >= 15 is 0 Å². The maximum Gasteiger partial charge on any atom is 0.303 e. The minimum absolute atomic E-state index is 0.101. The van der Waals surface area contributed by atoms with Crippen molar-refractivity contribution in [1.82, 2.24) is 9.80 Å². The summed E-state index contributed by atoms with van der Waals surface area (Å²) in [4.78, 5) is 15.5. The van der Waals surface area contributed by atoms with E-state index in [9.17, 15) is 4.79 Å². The van der Waals surface area contributed by atoms with Gasteiger partial charge in [-0.1, -0.05) is 0 Å². The van der Waals surface area contributed by atoms with Crippen LogP contribution in [0.4, 0.5) is 0 Å². The molecule has 4 heteroatoms. The maximum absolute atomic E-state index is 10.7. The van der Waals surface area contributed by atoms with Gasteiger partial charge in [-0.05, 0) is 41.2 Å². The first-order chi connectivity index (χ1) is 7.71. The Morgan fingerprint density at radius 2 is 1.94 bits per heavy atom. The van der Waals surface area contributed by atoms with Gasteiger partial charge in [0.25, 0.3) is 0 Å². The SMILES string of the molecule is CC1CN(C)CC(CCC(=O)O)N1C(C)(C)C. The molecule has 0 aromatic carbocycles. The molecular formula is C13H26N2O2. The summed E-state index contributed by atoms with van der Waals surface area (Å²) in [7, 11) is 2.12. The van der Waals surface area contributed by atoms with E-state index in [1.807, 2.05) is 0 Å². The van der Waals surface area contributed by atoms with Crippen molar-refractivity contribution in [3.05, 3.63) is 0 Å². The van der Waals surface area contributed by atoms with E-state index in [1.54, 1.807) is 0 Å². The van der Waals surface area contributed by atoms with Gasteiger partial charge in [0.2, 0.25) is 0 Å². The smallest absolute Gasteiger partial charge is 0.303 e. The molecule has 2 atom stereocenters. The van der Waals surface area contributed by atoms with Gasteiger partial charge in [-0.2, -0.15) is 0 Å². The molecule has 0 bridgehead atoms. The number of carbonyl (C=O) groups is 1. The lowest BCUT2D eigenvalue weighted by Gasteiger charge is -2.51. The van der Waals surface area contributed by atoms with Gasteiger partial charge in [0.05, 0.1) is 0 Å². The summed E-state index contributed by atoms with van der Waals surface area (Å²) < 4.78 is 0. The lowest BCUT2D eigenvalue weighted by Crippen LogP contribution is -2.62. The van der Waals surface area contributed by atoms with E-state index in [1.165, 1.54) is 0 Å². The van der Waals surface area contributed by atoms with Crippen LogP contribution < -0.4 is 0 Å². The molecule has 0 radical (unpaired) electrons. The predicted octanol–water partition coefficient (Wildman–Crippen LogP) is 1.65. The summed E-state index contributed by atoms with van der Waals surface area (Å²) in [6.45, 7) is 10.9. The Morgan fingerprint density at radius 3 is 2.41 bits per heavy atom. The van der Waals surface area contributed by atoms with E-state index in [0.29, 0.717) is 12.1 Å². The van der Waals surface area contributed by atoms with Crippen molar-refractivity contribution in [2.24, 2.45) is 0 Å². The average molecular weight is 242 g/mol. The van der Waals surface area contributed by atoms with Crippen molar-refractivity contribution < 1.29 is 9.90 Å². The van der Waals surface area contributed by atoms with Crippen molar-refractivity contribution in [2.45, 2.75) is 58.2 Å². The first-order valence-corrected chi connectivity index (χ1v) is 6.40. The van der Waals surface area contributed by atoms with E-state index in [2.05, 4.69) is 44.5 Å². The third-order valence-electron chi connectivity index (χ3n) is 3.43. The van der Waals surface area contributed by atoms with Gasteiger partial charge in [-0.3, -0.25) is 9.69 Å². The van der Waals surface area contributed by atoms with Crippen molar-refractivity contribution in [3.8, 4) is 0 Å². The molecule has 1 saturated heterocycles. The summed E-state index contributed by atoms with van der Waals surface area (Å²) in [5, 5.41) is 8.83. The summed E-state index contributed by atoms with van der Waals surface area (Å²) in [6.07, 6.45) is 0.999. The molecule has 0 amide bonds. The number of carboxylic acids is 1. The Bertz CT molecular complexity index is 273. The highest BCUT2D eigenvalue weighted by Gasteiger charge is 2.37. The monoisotopic (exact) mass is 242 g/mol. The minimum Gasteiger partial charge on any atom is -0.481 e. The Labute approximate surface area is 105 Å². The molecule has 100 valence electrons. The molecule has 0 aromatic rings. The number of hydrogen-bond acceptors (Lipinski definition) is 3. The zero-order chi connectivity index (χ0) is 13.2. The topological polar surface area (TPSA) is 43.8 Å². The van der Waals surface area contributed by atoms with Crippen LogP contribution in [0.25, 0.3) is 0 Å². The number of likely N-dealkylation sites (N-methyl/N-ethyl adjacent to an activating group) is 1. The highest BCUT2D eigenvalue weighted by Crippen LogP contribution is 2.27. The van der Waals surface area contributed by atoms with Crippen LogP contribution in [0.2, 0.25) is 0 Å². The maximum atomic E-state index is 10.7. The Morgan fingerprint density at radius 1 is 1.35 bits per heavy atom. The average Bonchev–Trinajstić information content (AvgIpc) is 2.10. The molecule has 1 aliphatic rings. The molecule has 0 aliphatic carbocycles. The Balaban J connectivity index is 2.76. The summed E-state index contributed by atoms with van der Waals surface area (Å²) in [5.74, 6) is -0.695. The predicted molar refractivity (Wildman–Crippen MR) is 69.2 cm³/mol. The summed E-state index contributed by atoms with van der Waals surface area (Å²) in [5.41, 5.74) is 0.101. The third-order valence-corrected chi connectivity index (χ3v) is 3.43.